The van der Waals surface area contributed by atoms with Crippen LogP contribution >= 0.6 is 34.4 Å². The summed E-state index contributed by atoms with van der Waals surface area (Å²) in [6, 6.07) is 24.1. The van der Waals surface area contributed by atoms with Gasteiger partial charge in [0.05, 0.1) is 22.3 Å². The molecule has 7 rings (SSSR count). The smallest absolute Gasteiger partial charge is 0.309 e. The maximum atomic E-state index is 12.1. The fourth-order valence-electron chi connectivity index (χ4n) is 7.62. The van der Waals surface area contributed by atoms with E-state index >= 15 is 0 Å². The molecule has 4 aromatic carbocycles. The molecule has 47 heavy (non-hydrogen) atoms. The van der Waals surface area contributed by atoms with Crippen LogP contribution in [0.1, 0.15) is 36.0 Å². The lowest BCUT2D eigenvalue weighted by Crippen LogP contribution is -2.37. The third-order valence-corrected chi connectivity index (χ3v) is 11.8. The van der Waals surface area contributed by atoms with Crippen molar-refractivity contribution in [2.45, 2.75) is 37.5 Å². The minimum absolute atomic E-state index is 0.0324. The maximum Gasteiger partial charge on any atom is 0.309 e. The fourth-order valence-corrected chi connectivity index (χ4v) is 9.21. The van der Waals surface area contributed by atoms with E-state index < -0.39 is 11.9 Å². The zero-order valence-electron chi connectivity index (χ0n) is 26.0. The highest BCUT2D eigenvalue weighted by Gasteiger charge is 2.53. The number of hydrogen-bond acceptors (Lipinski definition) is 4. The molecule has 1 saturated heterocycles. The van der Waals surface area contributed by atoms with E-state index in [4.69, 9.17) is 5.11 Å². The van der Waals surface area contributed by atoms with Gasteiger partial charge in [-0.15, -0.1) is 11.8 Å². The number of thioether (sulfide) groups is 1. The average molecular weight is 756 g/mol. The zero-order valence-corrected chi connectivity index (χ0v) is 29.0. The van der Waals surface area contributed by atoms with Crippen LogP contribution in [0.3, 0.4) is 0 Å². The Morgan fingerprint density at radius 2 is 1.64 bits per heavy atom. The van der Waals surface area contributed by atoms with Gasteiger partial charge in [-0.1, -0.05) is 72.8 Å². The summed E-state index contributed by atoms with van der Waals surface area (Å²) in [6.45, 7) is 1.74. The first-order valence-corrected chi connectivity index (χ1v) is 18.1. The fraction of sp³-hybridized carbons (Fsp3) is 0.256. The van der Waals surface area contributed by atoms with Crippen LogP contribution in [0.4, 0.5) is 5.69 Å². The second-order valence-electron chi connectivity index (χ2n) is 12.4. The number of hydrogen-bond donors (Lipinski definition) is 2. The monoisotopic (exact) mass is 755 g/mol. The lowest BCUT2D eigenvalue weighted by Gasteiger charge is -2.28. The molecule has 0 radical (unpaired) electrons. The molecular weight excluding hydrogens is 719 g/mol. The highest BCUT2D eigenvalue weighted by Crippen LogP contribution is 2.53. The minimum atomic E-state index is -0.809. The molecule has 2 heterocycles. The predicted molar refractivity (Wildman–Crippen MR) is 199 cm³/mol. The lowest BCUT2D eigenvalue weighted by atomic mass is 9.69. The molecule has 8 heteroatoms. The van der Waals surface area contributed by atoms with Gasteiger partial charge in [0.2, 0.25) is 5.69 Å². The molecule has 0 saturated carbocycles. The molecule has 2 N–H and O–H groups in total. The minimum Gasteiger partial charge on any atom is -0.481 e. The molecule has 0 amide bonds. The van der Waals surface area contributed by atoms with Crippen molar-refractivity contribution < 1.29 is 24.4 Å². The van der Waals surface area contributed by atoms with Crippen LogP contribution in [0, 0.1) is 3.57 Å². The lowest BCUT2D eigenvalue weighted by molar-refractivity contribution is -0.435. The number of aryl methyl sites for hydroxylation is 1. The van der Waals surface area contributed by atoms with Crippen LogP contribution in [0.15, 0.2) is 102 Å². The Hall–Kier alpha value is -3.89. The van der Waals surface area contributed by atoms with Crippen molar-refractivity contribution in [1.29, 1.82) is 0 Å². The van der Waals surface area contributed by atoms with Gasteiger partial charge in [-0.3, -0.25) is 9.59 Å². The van der Waals surface area contributed by atoms with E-state index in [2.05, 4.69) is 117 Å². The van der Waals surface area contributed by atoms with E-state index in [1.54, 1.807) is 11.8 Å². The van der Waals surface area contributed by atoms with Crippen LogP contribution in [-0.2, 0) is 27.8 Å². The summed E-state index contributed by atoms with van der Waals surface area (Å²) in [5, 5.41) is 24.9. The molecule has 3 aliphatic rings. The summed E-state index contributed by atoms with van der Waals surface area (Å²) < 4.78 is 3.56. The van der Waals surface area contributed by atoms with E-state index in [9.17, 15) is 14.7 Å². The topological polar surface area (TPSA) is 80.8 Å². The third-order valence-electron chi connectivity index (χ3n) is 9.66. The Kier molecular flexibility index (Phi) is 8.98. The number of fused-ring (bicyclic) bond motifs is 9. The van der Waals surface area contributed by atoms with Gasteiger partial charge in [-0.05, 0) is 87.3 Å². The van der Waals surface area contributed by atoms with E-state index in [-0.39, 0.29) is 18.3 Å². The van der Waals surface area contributed by atoms with Gasteiger partial charge < -0.3 is 15.1 Å². The average Bonchev–Trinajstić information content (AvgIpc) is 3.57. The van der Waals surface area contributed by atoms with E-state index in [1.807, 2.05) is 12.2 Å². The first-order valence-electron chi connectivity index (χ1n) is 16.1. The van der Waals surface area contributed by atoms with Gasteiger partial charge in [0.15, 0.2) is 12.3 Å². The van der Waals surface area contributed by atoms with Crippen molar-refractivity contribution in [3.63, 3.8) is 0 Å². The van der Waals surface area contributed by atoms with E-state index in [1.165, 1.54) is 36.4 Å². The summed E-state index contributed by atoms with van der Waals surface area (Å²) >= 11 is 4.21. The van der Waals surface area contributed by atoms with Gasteiger partial charge in [-0.2, -0.15) is 4.58 Å². The number of carboxylic acid groups (broad SMARTS) is 2. The van der Waals surface area contributed by atoms with Crippen molar-refractivity contribution in [3.8, 4) is 0 Å². The highest BCUT2D eigenvalue weighted by atomic mass is 127. The van der Waals surface area contributed by atoms with E-state index in [0.29, 0.717) is 13.1 Å². The molecule has 1 unspecified atom stereocenters. The summed E-state index contributed by atoms with van der Waals surface area (Å²) in [7, 11) is 0. The zero-order chi connectivity index (χ0) is 32.5. The largest absolute Gasteiger partial charge is 0.481 e. The molecule has 2 aliphatic heterocycles. The van der Waals surface area contributed by atoms with Crippen molar-refractivity contribution in [3.05, 3.63) is 122 Å². The molecule has 1 fully saturated rings. The van der Waals surface area contributed by atoms with Gasteiger partial charge in [0, 0.05) is 34.1 Å². The maximum absolute atomic E-state index is 12.1. The van der Waals surface area contributed by atoms with Crippen molar-refractivity contribution in [1.82, 2.24) is 4.90 Å². The Labute approximate surface area is 292 Å². The first kappa shape index (κ1) is 31.7. The molecular formula is C39H36IN2O4S+. The standard InChI is InChI=1S/C39H35IN2O4S/c40-32-15-14-26-16-19-39(25-27(32)24-26)33(12-2-1-3-13-34-41(22-23-47-34)20-17-35(43)44)42(21-18-36(45)46)38-31-11-7-5-9-29(31)28-8-4-6-10-30(28)37(38)39/h1-15,24H,16-23,25H2,(H-,43,44,45,46)/p+1. The number of carbonyl (C=O) groups is 2. The van der Waals surface area contributed by atoms with Crippen LogP contribution in [-0.4, -0.2) is 62.7 Å². The van der Waals surface area contributed by atoms with Crippen LogP contribution in [0.25, 0.3) is 21.5 Å². The summed E-state index contributed by atoms with van der Waals surface area (Å²) in [5.74, 6) is -0.639. The Balaban J connectivity index is 1.40. The van der Waals surface area contributed by atoms with Crippen molar-refractivity contribution >= 4 is 79.2 Å². The van der Waals surface area contributed by atoms with Crippen LogP contribution < -0.4 is 0 Å². The molecule has 238 valence electrons. The second kappa shape index (κ2) is 13.3. The Morgan fingerprint density at radius 3 is 2.40 bits per heavy atom. The highest BCUT2D eigenvalue weighted by molar-refractivity contribution is 14.1. The van der Waals surface area contributed by atoms with Crippen LogP contribution in [0.5, 0.6) is 0 Å². The van der Waals surface area contributed by atoms with Gasteiger partial charge in [-0.25, -0.2) is 0 Å². The molecule has 6 nitrogen and oxygen atoms in total. The number of nitrogens with zero attached hydrogens (tertiary/aromatic N) is 2. The number of aliphatic carboxylic acids is 2. The number of halogens is 1. The van der Waals surface area contributed by atoms with Gasteiger partial charge in [0.25, 0.3) is 0 Å². The molecule has 1 spiro atoms. The Bertz CT molecular complexity index is 2050. The quantitative estimate of drug-likeness (QED) is 0.0779. The predicted octanol–water partition coefficient (Wildman–Crippen LogP) is 8.07. The molecule has 1 aliphatic carbocycles. The van der Waals surface area contributed by atoms with E-state index in [0.717, 1.165) is 53.4 Å². The number of allylic oxidation sites excluding steroid dienone is 5. The molecule has 0 aromatic heterocycles. The van der Waals surface area contributed by atoms with Gasteiger partial charge >= 0.3 is 11.9 Å². The molecule has 2 bridgehead atoms. The normalized spacial score (nSPS) is 20.0. The summed E-state index contributed by atoms with van der Waals surface area (Å²) in [5.41, 5.74) is 5.89. The summed E-state index contributed by atoms with van der Waals surface area (Å²) in [4.78, 5) is 25.3. The number of carboxylic acids is 2. The van der Waals surface area contributed by atoms with Crippen molar-refractivity contribution in [2.75, 3.05) is 25.4 Å². The first-order chi connectivity index (χ1) is 22.9. The number of rotatable bonds is 9. The second-order valence-corrected chi connectivity index (χ2v) is 14.7. The van der Waals surface area contributed by atoms with Crippen LogP contribution in [0.2, 0.25) is 0 Å². The van der Waals surface area contributed by atoms with Crippen molar-refractivity contribution in [2.24, 2.45) is 0 Å². The third kappa shape index (κ3) is 6.02. The Morgan fingerprint density at radius 1 is 0.915 bits per heavy atom. The molecule has 4 aromatic rings. The number of benzene rings is 4. The van der Waals surface area contributed by atoms with Gasteiger partial charge in [0.1, 0.15) is 6.42 Å². The molecule has 1 atom stereocenters. The summed E-state index contributed by atoms with van der Waals surface area (Å²) in [6.07, 6.45) is 13.3. The SMILES string of the molecule is O=C(O)CCN1CCS/C1=C/C=C/C=C/C1=[N+](CCC(=O)O)c2c(c3ccccc3c3ccccc23)C12CCc1ccc(I)c(c1)C2.